The number of amides is 2. The van der Waals surface area contributed by atoms with E-state index in [4.69, 9.17) is 0 Å². The normalized spacial score (nSPS) is 15.4. The second-order valence-electron chi connectivity index (χ2n) is 7.50. The summed E-state index contributed by atoms with van der Waals surface area (Å²) in [6.07, 6.45) is 5.47. The van der Waals surface area contributed by atoms with Crippen LogP contribution in [0.25, 0.3) is 0 Å². The molecule has 0 bridgehead atoms. The van der Waals surface area contributed by atoms with Crippen molar-refractivity contribution in [3.63, 3.8) is 0 Å². The molecule has 0 saturated carbocycles. The van der Waals surface area contributed by atoms with Crippen LogP contribution >= 0.6 is 0 Å². The highest BCUT2D eigenvalue weighted by atomic mass is 16.2. The average molecular weight is 371 g/mol. The maximum Gasteiger partial charge on any atom is 0.319 e. The lowest BCUT2D eigenvalue weighted by Gasteiger charge is -2.27. The predicted octanol–water partition coefficient (Wildman–Crippen LogP) is 3.34. The molecule has 2 aromatic heterocycles. The van der Waals surface area contributed by atoms with E-state index in [0.717, 1.165) is 36.8 Å². The molecule has 0 aliphatic carbocycles. The molecule has 0 spiro atoms. The summed E-state index contributed by atoms with van der Waals surface area (Å²) < 4.78 is 1.99. The van der Waals surface area contributed by atoms with Gasteiger partial charge in [0, 0.05) is 31.9 Å². The topological polar surface area (TPSA) is 75.1 Å². The van der Waals surface area contributed by atoms with E-state index >= 15 is 0 Å². The van der Waals surface area contributed by atoms with Crippen LogP contribution in [0.3, 0.4) is 0 Å². The Hall–Kier alpha value is -2.57. The summed E-state index contributed by atoms with van der Waals surface area (Å²) in [7, 11) is 0. The van der Waals surface area contributed by atoms with E-state index in [0.29, 0.717) is 12.2 Å². The first kappa shape index (κ1) is 19.2. The number of aryl methyl sites for hydroxylation is 2. The third kappa shape index (κ3) is 5.45. The quantitative estimate of drug-likeness (QED) is 0.818. The maximum absolute atomic E-state index is 12.1. The van der Waals surface area contributed by atoms with Crippen molar-refractivity contribution >= 4 is 17.5 Å². The van der Waals surface area contributed by atoms with Crippen LogP contribution in [-0.4, -0.2) is 40.4 Å². The average Bonchev–Trinajstić information content (AvgIpc) is 2.98. The van der Waals surface area contributed by atoms with Gasteiger partial charge in [-0.05, 0) is 57.2 Å². The summed E-state index contributed by atoms with van der Waals surface area (Å²) in [5.74, 6) is 1.27. The minimum atomic E-state index is -0.206. The van der Waals surface area contributed by atoms with Crippen LogP contribution in [0.1, 0.15) is 37.6 Å². The number of aromatic nitrogens is 3. The Labute approximate surface area is 161 Å². The fourth-order valence-corrected chi connectivity index (χ4v) is 3.43. The Balaban J connectivity index is 1.44. The summed E-state index contributed by atoms with van der Waals surface area (Å²) >= 11 is 0. The number of pyridine rings is 1. The summed E-state index contributed by atoms with van der Waals surface area (Å²) in [5.41, 5.74) is 2.87. The first-order chi connectivity index (χ1) is 13.0. The Kier molecular flexibility index (Phi) is 6.32. The predicted molar refractivity (Wildman–Crippen MR) is 108 cm³/mol. The molecule has 2 N–H and O–H groups in total. The van der Waals surface area contributed by atoms with Gasteiger partial charge < -0.3 is 15.5 Å². The zero-order valence-corrected chi connectivity index (χ0v) is 16.5. The van der Waals surface area contributed by atoms with Gasteiger partial charge in [-0.2, -0.15) is 5.10 Å². The van der Waals surface area contributed by atoms with E-state index < -0.39 is 0 Å². The smallest absolute Gasteiger partial charge is 0.319 e. The van der Waals surface area contributed by atoms with Gasteiger partial charge in [0.05, 0.1) is 17.6 Å². The molecule has 0 aromatic carbocycles. The molecule has 7 nitrogen and oxygen atoms in total. The lowest BCUT2D eigenvalue weighted by atomic mass is 10.1. The summed E-state index contributed by atoms with van der Waals surface area (Å²) in [6, 6.07) is 5.75. The van der Waals surface area contributed by atoms with Crippen molar-refractivity contribution in [2.24, 2.45) is 5.92 Å². The van der Waals surface area contributed by atoms with Crippen molar-refractivity contribution in [2.45, 2.75) is 46.6 Å². The van der Waals surface area contributed by atoms with Crippen LogP contribution in [0.5, 0.6) is 0 Å². The highest BCUT2D eigenvalue weighted by Crippen LogP contribution is 2.18. The molecular weight excluding hydrogens is 340 g/mol. The molecule has 0 radical (unpaired) electrons. The molecule has 1 saturated heterocycles. The molecule has 1 fully saturated rings. The number of piperidine rings is 1. The number of carbonyl (C=O) groups is 1. The van der Waals surface area contributed by atoms with Crippen molar-refractivity contribution in [3.05, 3.63) is 35.8 Å². The molecule has 1 aliphatic heterocycles. The number of nitrogens with zero attached hydrogens (tertiary/aromatic N) is 4. The second-order valence-corrected chi connectivity index (χ2v) is 7.50. The fourth-order valence-electron chi connectivity index (χ4n) is 3.43. The van der Waals surface area contributed by atoms with Gasteiger partial charge in [0.25, 0.3) is 0 Å². The first-order valence-corrected chi connectivity index (χ1v) is 9.78. The van der Waals surface area contributed by atoms with E-state index in [9.17, 15) is 4.79 Å². The Bertz CT molecular complexity index is 748. The first-order valence-electron chi connectivity index (χ1n) is 9.78. The summed E-state index contributed by atoms with van der Waals surface area (Å²) in [4.78, 5) is 18.9. The highest BCUT2D eigenvalue weighted by molar-refractivity contribution is 5.89. The molecular formula is C20H30N6O. The van der Waals surface area contributed by atoms with E-state index in [-0.39, 0.29) is 11.9 Å². The van der Waals surface area contributed by atoms with Crippen molar-refractivity contribution < 1.29 is 4.79 Å². The van der Waals surface area contributed by atoms with Gasteiger partial charge >= 0.3 is 6.03 Å². The van der Waals surface area contributed by atoms with Crippen LogP contribution in [0, 0.1) is 19.8 Å². The molecule has 1 aliphatic rings. The van der Waals surface area contributed by atoms with Crippen LogP contribution in [0.15, 0.2) is 24.4 Å². The van der Waals surface area contributed by atoms with Crippen molar-refractivity contribution in [1.29, 1.82) is 0 Å². The molecule has 2 amide bonds. The van der Waals surface area contributed by atoms with E-state index in [1.807, 2.05) is 30.7 Å². The zero-order chi connectivity index (χ0) is 19.2. The van der Waals surface area contributed by atoms with Crippen molar-refractivity contribution in [2.75, 3.05) is 29.9 Å². The van der Waals surface area contributed by atoms with Gasteiger partial charge in [0.1, 0.15) is 5.82 Å². The van der Waals surface area contributed by atoms with Gasteiger partial charge in [0.2, 0.25) is 0 Å². The van der Waals surface area contributed by atoms with E-state index in [2.05, 4.69) is 38.6 Å². The third-order valence-corrected chi connectivity index (χ3v) is 4.88. The molecule has 3 heterocycles. The number of nitrogens with one attached hydrogen (secondary N) is 2. The third-order valence-electron chi connectivity index (χ3n) is 4.88. The molecule has 7 heteroatoms. The van der Waals surface area contributed by atoms with Crippen molar-refractivity contribution in [1.82, 2.24) is 20.1 Å². The van der Waals surface area contributed by atoms with Crippen LogP contribution in [0.2, 0.25) is 0 Å². The molecule has 3 rings (SSSR count). The summed E-state index contributed by atoms with van der Waals surface area (Å²) in [6.45, 7) is 9.64. The Morgan fingerprint density at radius 1 is 1.22 bits per heavy atom. The van der Waals surface area contributed by atoms with Gasteiger partial charge in [-0.1, -0.05) is 6.92 Å². The van der Waals surface area contributed by atoms with E-state index in [1.165, 1.54) is 19.3 Å². The lowest BCUT2D eigenvalue weighted by molar-refractivity contribution is 0.249. The largest absolute Gasteiger partial charge is 0.357 e. The fraction of sp³-hybridized carbons (Fsp3) is 0.550. The molecule has 146 valence electrons. The minimum Gasteiger partial charge on any atom is -0.357 e. The monoisotopic (exact) mass is 370 g/mol. The van der Waals surface area contributed by atoms with Gasteiger partial charge in [-0.15, -0.1) is 0 Å². The Morgan fingerprint density at radius 2 is 2.00 bits per heavy atom. The molecule has 1 atom stereocenters. The van der Waals surface area contributed by atoms with Crippen LogP contribution < -0.4 is 15.5 Å². The van der Waals surface area contributed by atoms with Crippen LogP contribution in [-0.2, 0) is 6.54 Å². The van der Waals surface area contributed by atoms with Crippen LogP contribution in [0.4, 0.5) is 16.3 Å². The number of rotatable bonds is 6. The highest BCUT2D eigenvalue weighted by Gasteiger charge is 2.12. The maximum atomic E-state index is 12.1. The minimum absolute atomic E-state index is 0.206. The molecule has 0 unspecified atom stereocenters. The van der Waals surface area contributed by atoms with Crippen molar-refractivity contribution in [3.8, 4) is 0 Å². The number of anilines is 2. The molecule has 27 heavy (non-hydrogen) atoms. The number of urea groups is 1. The van der Waals surface area contributed by atoms with Gasteiger partial charge in [-0.25, -0.2) is 9.78 Å². The number of hydrogen-bond acceptors (Lipinski definition) is 4. The number of hydrogen-bond donors (Lipinski definition) is 2. The summed E-state index contributed by atoms with van der Waals surface area (Å²) in [5, 5.41) is 10.2. The van der Waals surface area contributed by atoms with Gasteiger partial charge in [0.15, 0.2) is 0 Å². The van der Waals surface area contributed by atoms with E-state index in [1.54, 1.807) is 6.20 Å². The van der Waals surface area contributed by atoms with Gasteiger partial charge in [-0.3, -0.25) is 4.68 Å². The standard InChI is InChI=1S/C20H30N6O/c1-15(14-26-17(3)11-16(2)24-26)12-22-20(27)23-18-7-8-19(21-13-18)25-9-5-4-6-10-25/h7-8,11,13,15H,4-6,9-10,12,14H2,1-3H3,(H2,22,23,27)/t15-/m1/s1. The Morgan fingerprint density at radius 3 is 2.63 bits per heavy atom. The molecule has 2 aromatic rings. The second kappa shape index (κ2) is 8.88. The lowest BCUT2D eigenvalue weighted by Crippen LogP contribution is -2.34. The zero-order valence-electron chi connectivity index (χ0n) is 16.5. The number of carbonyl (C=O) groups excluding carboxylic acids is 1. The SMILES string of the molecule is Cc1cc(C)n(C[C@H](C)CNC(=O)Nc2ccc(N3CCCCC3)nc2)n1.